The molecule has 2 aliphatic rings. The summed E-state index contributed by atoms with van der Waals surface area (Å²) in [5, 5.41) is 9.24. The third-order valence-corrected chi connectivity index (χ3v) is 6.09. The number of hydrogen-bond acceptors (Lipinski definition) is 2. The van der Waals surface area contributed by atoms with E-state index in [4.69, 9.17) is 11.6 Å². The molecule has 2 aromatic carbocycles. The van der Waals surface area contributed by atoms with Crippen molar-refractivity contribution in [2.45, 2.75) is 50.6 Å². The highest BCUT2D eigenvalue weighted by molar-refractivity contribution is 6.31. The molecule has 0 aromatic heterocycles. The Bertz CT molecular complexity index is 1100. The Labute approximate surface area is 200 Å². The summed E-state index contributed by atoms with van der Waals surface area (Å²) in [6.07, 6.45) is 4.83. The number of guanidine groups is 1. The normalized spacial score (nSPS) is 20.5. The van der Waals surface area contributed by atoms with Crippen LogP contribution in [-0.4, -0.2) is 29.9 Å². The van der Waals surface area contributed by atoms with Gasteiger partial charge in [-0.2, -0.15) is 4.99 Å². The molecule has 0 saturated heterocycles. The van der Waals surface area contributed by atoms with E-state index in [1.165, 1.54) is 12.1 Å². The Morgan fingerprint density at radius 2 is 1.53 bits per heavy atom. The zero-order valence-electron chi connectivity index (χ0n) is 18.2. The topological polar surface area (TPSA) is 82.6 Å². The number of anilines is 1. The predicted molar refractivity (Wildman–Crippen MR) is 123 cm³/mol. The fraction of sp³-hybridized carbons (Fsp3) is 0.375. The minimum Gasteiger partial charge on any atom is -0.353 e. The number of aliphatic imine (C=N–C) groups is 1. The summed E-state index contributed by atoms with van der Waals surface area (Å²) in [6.45, 7) is 0. The van der Waals surface area contributed by atoms with Crippen molar-refractivity contribution in [3.05, 3.63) is 64.4 Å². The van der Waals surface area contributed by atoms with E-state index in [2.05, 4.69) is 20.9 Å². The van der Waals surface area contributed by atoms with Gasteiger partial charge in [0, 0.05) is 34.3 Å². The molecule has 0 bridgehead atoms. The van der Waals surface area contributed by atoms with Crippen LogP contribution in [0.4, 0.5) is 18.9 Å². The second kappa shape index (κ2) is 10.5. The summed E-state index contributed by atoms with van der Waals surface area (Å²) in [7, 11) is 0. The fourth-order valence-electron chi connectivity index (χ4n) is 3.89. The van der Waals surface area contributed by atoms with E-state index in [-0.39, 0.29) is 46.1 Å². The van der Waals surface area contributed by atoms with Gasteiger partial charge in [0.2, 0.25) is 11.9 Å². The van der Waals surface area contributed by atoms with Gasteiger partial charge in [-0.05, 0) is 74.9 Å². The van der Waals surface area contributed by atoms with E-state index in [1.54, 1.807) is 0 Å². The third-order valence-electron chi connectivity index (χ3n) is 5.87. The molecule has 10 heteroatoms. The third kappa shape index (κ3) is 6.50. The summed E-state index contributed by atoms with van der Waals surface area (Å²) in [4.78, 5) is 28.6. The molecule has 2 fully saturated rings. The van der Waals surface area contributed by atoms with Crippen LogP contribution in [0.25, 0.3) is 0 Å². The number of carbonyl (C=O) groups excluding carboxylic acids is 2. The Morgan fingerprint density at radius 3 is 2.15 bits per heavy atom. The monoisotopic (exact) mass is 492 g/mol. The lowest BCUT2D eigenvalue weighted by Crippen LogP contribution is -2.46. The molecular weight excluding hydrogens is 469 g/mol. The molecule has 3 N–H and O–H groups in total. The summed E-state index contributed by atoms with van der Waals surface area (Å²) >= 11 is 5.92. The molecular formula is C24H24ClF3N4O2. The Hall–Kier alpha value is -3.07. The van der Waals surface area contributed by atoms with Crippen molar-refractivity contribution in [2.75, 3.05) is 5.32 Å². The lowest BCUT2D eigenvalue weighted by atomic mass is 9.91. The SMILES string of the molecule is O=C(/N=C(/Nc1cc(F)cc(Cl)c1)N[C@H]1CC[C@H](NC(=O)C2CC2)CC1)c1ccc(F)c(F)c1. The highest BCUT2D eigenvalue weighted by Gasteiger charge is 2.32. The van der Waals surface area contributed by atoms with Crippen LogP contribution in [-0.2, 0) is 4.79 Å². The molecule has 6 nitrogen and oxygen atoms in total. The van der Waals surface area contributed by atoms with Crippen molar-refractivity contribution in [2.24, 2.45) is 10.9 Å². The van der Waals surface area contributed by atoms with Crippen molar-refractivity contribution in [1.82, 2.24) is 10.6 Å². The van der Waals surface area contributed by atoms with Gasteiger partial charge < -0.3 is 16.0 Å². The van der Waals surface area contributed by atoms with Gasteiger partial charge in [0.15, 0.2) is 11.6 Å². The van der Waals surface area contributed by atoms with E-state index in [1.807, 2.05) is 0 Å². The highest BCUT2D eigenvalue weighted by atomic mass is 35.5. The van der Waals surface area contributed by atoms with Gasteiger partial charge in [0.25, 0.3) is 5.91 Å². The van der Waals surface area contributed by atoms with E-state index in [0.717, 1.165) is 49.9 Å². The van der Waals surface area contributed by atoms with Gasteiger partial charge in [-0.25, -0.2) is 13.2 Å². The van der Waals surface area contributed by atoms with E-state index in [9.17, 15) is 22.8 Å². The minimum absolute atomic E-state index is 0.0295. The predicted octanol–water partition coefficient (Wildman–Crippen LogP) is 4.79. The molecule has 0 heterocycles. The average Bonchev–Trinajstić information content (AvgIpc) is 3.62. The summed E-state index contributed by atoms with van der Waals surface area (Å²) in [5.74, 6) is -3.32. The number of hydrogen-bond donors (Lipinski definition) is 3. The minimum atomic E-state index is -1.16. The van der Waals surface area contributed by atoms with E-state index >= 15 is 0 Å². The van der Waals surface area contributed by atoms with Crippen molar-refractivity contribution in [3.8, 4) is 0 Å². The van der Waals surface area contributed by atoms with Crippen LogP contribution in [0.3, 0.4) is 0 Å². The summed E-state index contributed by atoms with van der Waals surface area (Å²) in [6, 6.07) is 6.58. The molecule has 2 saturated carbocycles. The fourth-order valence-corrected chi connectivity index (χ4v) is 4.12. The maximum absolute atomic E-state index is 13.8. The Kier molecular flexibility index (Phi) is 7.41. The van der Waals surface area contributed by atoms with Crippen molar-refractivity contribution in [1.29, 1.82) is 0 Å². The molecule has 0 radical (unpaired) electrons. The van der Waals surface area contributed by atoms with E-state index < -0.39 is 23.4 Å². The largest absolute Gasteiger partial charge is 0.353 e. The molecule has 180 valence electrons. The highest BCUT2D eigenvalue weighted by Crippen LogP contribution is 2.30. The summed E-state index contributed by atoms with van der Waals surface area (Å²) in [5.41, 5.74) is 0.128. The molecule has 0 spiro atoms. The molecule has 34 heavy (non-hydrogen) atoms. The second-order valence-corrected chi connectivity index (χ2v) is 9.09. The van der Waals surface area contributed by atoms with Gasteiger partial charge in [0.05, 0.1) is 0 Å². The number of benzene rings is 2. The molecule has 0 atom stereocenters. The molecule has 2 amide bonds. The van der Waals surface area contributed by atoms with Crippen LogP contribution in [0, 0.1) is 23.4 Å². The number of rotatable bonds is 5. The lowest BCUT2D eigenvalue weighted by molar-refractivity contribution is -0.123. The average molecular weight is 493 g/mol. The van der Waals surface area contributed by atoms with Gasteiger partial charge in [0.1, 0.15) is 5.82 Å². The molecule has 0 unspecified atom stereocenters. The first-order chi connectivity index (χ1) is 16.3. The van der Waals surface area contributed by atoms with E-state index in [0.29, 0.717) is 12.8 Å². The zero-order chi connectivity index (χ0) is 24.2. The molecule has 4 rings (SSSR count). The zero-order valence-corrected chi connectivity index (χ0v) is 19.0. The Balaban J connectivity index is 1.46. The maximum Gasteiger partial charge on any atom is 0.280 e. The standard InChI is InChI=1S/C24H24ClF3N4O2/c25-15-10-16(26)12-19(11-15)31-24(32-23(34)14-3-8-20(27)21(28)9-14)30-18-6-4-17(5-7-18)29-22(33)13-1-2-13/h3,8-13,17-18H,1-2,4-7H2,(H,29,33)(H2,30,31,32,34)/t17-,18-. The number of nitrogens with one attached hydrogen (secondary N) is 3. The first-order valence-electron chi connectivity index (χ1n) is 11.1. The maximum atomic E-state index is 13.8. The number of halogens is 4. The van der Waals surface area contributed by atoms with Crippen LogP contribution in [0.5, 0.6) is 0 Å². The first kappa shape index (κ1) is 24.1. The van der Waals surface area contributed by atoms with Crippen LogP contribution in [0.1, 0.15) is 48.9 Å². The Morgan fingerprint density at radius 1 is 0.853 bits per heavy atom. The number of carbonyl (C=O) groups is 2. The number of amides is 2. The molecule has 2 aromatic rings. The molecule has 0 aliphatic heterocycles. The lowest BCUT2D eigenvalue weighted by Gasteiger charge is -2.30. The van der Waals surface area contributed by atoms with Gasteiger partial charge in [-0.1, -0.05) is 11.6 Å². The quantitative estimate of drug-likeness (QED) is 0.414. The van der Waals surface area contributed by atoms with Crippen LogP contribution in [0.2, 0.25) is 5.02 Å². The van der Waals surface area contributed by atoms with Crippen molar-refractivity contribution in [3.63, 3.8) is 0 Å². The van der Waals surface area contributed by atoms with Crippen LogP contribution in [0.15, 0.2) is 41.4 Å². The first-order valence-corrected chi connectivity index (χ1v) is 11.5. The smallest absolute Gasteiger partial charge is 0.280 e. The van der Waals surface area contributed by atoms with Gasteiger partial charge in [-0.15, -0.1) is 0 Å². The second-order valence-electron chi connectivity index (χ2n) is 8.65. The van der Waals surface area contributed by atoms with Gasteiger partial charge >= 0.3 is 0 Å². The van der Waals surface area contributed by atoms with Crippen molar-refractivity contribution < 1.29 is 22.8 Å². The summed E-state index contributed by atoms with van der Waals surface area (Å²) < 4.78 is 40.6. The van der Waals surface area contributed by atoms with Crippen LogP contribution < -0.4 is 16.0 Å². The van der Waals surface area contributed by atoms with Crippen molar-refractivity contribution >= 4 is 35.1 Å². The number of nitrogens with zero attached hydrogens (tertiary/aromatic N) is 1. The van der Waals surface area contributed by atoms with Gasteiger partial charge in [-0.3, -0.25) is 9.59 Å². The van der Waals surface area contributed by atoms with Crippen LogP contribution >= 0.6 is 11.6 Å². The molecule has 2 aliphatic carbocycles.